The SMILES string of the molecule is COC(=O)c1cc(C(=O)OCC(=O)Nc2ncc(C(F)(F)F)cc2Cl)cc([N+](=O)[O-])c1. The van der Waals surface area contributed by atoms with Crippen molar-refractivity contribution in [1.82, 2.24) is 4.98 Å². The predicted octanol–water partition coefficient (Wildman–Crippen LogP) is 3.24. The Morgan fingerprint density at radius 3 is 2.29 bits per heavy atom. The number of aromatic nitrogens is 1. The Balaban J connectivity index is 2.09. The van der Waals surface area contributed by atoms with Gasteiger partial charge in [-0.1, -0.05) is 11.6 Å². The Bertz CT molecular complexity index is 1060. The summed E-state index contributed by atoms with van der Waals surface area (Å²) in [5, 5.41) is 12.5. The van der Waals surface area contributed by atoms with Crippen LogP contribution in [0.1, 0.15) is 26.3 Å². The van der Waals surface area contributed by atoms with E-state index in [9.17, 15) is 37.7 Å². The van der Waals surface area contributed by atoms with Crippen LogP contribution in [0.25, 0.3) is 0 Å². The fraction of sp³-hybridized carbons (Fsp3) is 0.176. The molecule has 1 heterocycles. The van der Waals surface area contributed by atoms with E-state index in [0.717, 1.165) is 25.3 Å². The third-order valence-electron chi connectivity index (χ3n) is 3.55. The Hall–Kier alpha value is -3.74. The summed E-state index contributed by atoms with van der Waals surface area (Å²) in [7, 11) is 1.03. The molecule has 164 valence electrons. The van der Waals surface area contributed by atoms with E-state index in [1.807, 2.05) is 0 Å². The first kappa shape index (κ1) is 23.5. The molecule has 2 aromatic rings. The number of nitro benzene ring substituents is 1. The minimum absolute atomic E-state index is 0.297. The third-order valence-corrected chi connectivity index (χ3v) is 3.83. The van der Waals surface area contributed by atoms with E-state index in [-0.39, 0.29) is 5.56 Å². The number of halogens is 4. The number of nitrogens with one attached hydrogen (secondary N) is 1. The molecule has 1 N–H and O–H groups in total. The van der Waals surface area contributed by atoms with E-state index in [1.165, 1.54) is 0 Å². The van der Waals surface area contributed by atoms with Gasteiger partial charge in [-0.2, -0.15) is 13.2 Å². The Morgan fingerprint density at radius 2 is 1.77 bits per heavy atom. The summed E-state index contributed by atoms with van der Waals surface area (Å²) in [5.74, 6) is -3.53. The van der Waals surface area contributed by atoms with Gasteiger partial charge in [0.25, 0.3) is 11.6 Å². The van der Waals surface area contributed by atoms with E-state index < -0.39 is 63.2 Å². The van der Waals surface area contributed by atoms with Crippen molar-refractivity contribution in [1.29, 1.82) is 0 Å². The lowest BCUT2D eigenvalue weighted by atomic mass is 10.1. The maximum Gasteiger partial charge on any atom is 0.417 e. The average molecular weight is 462 g/mol. The molecule has 0 fully saturated rings. The van der Waals surface area contributed by atoms with Crippen molar-refractivity contribution in [3.05, 3.63) is 62.3 Å². The van der Waals surface area contributed by atoms with Crippen molar-refractivity contribution in [2.24, 2.45) is 0 Å². The van der Waals surface area contributed by atoms with Crippen molar-refractivity contribution < 1.29 is 42.0 Å². The zero-order valence-electron chi connectivity index (χ0n) is 15.4. The number of alkyl halides is 3. The number of non-ortho nitro benzene ring substituents is 1. The highest BCUT2D eigenvalue weighted by Crippen LogP contribution is 2.32. The molecule has 0 aliphatic rings. The van der Waals surface area contributed by atoms with E-state index in [0.29, 0.717) is 12.3 Å². The van der Waals surface area contributed by atoms with Crippen molar-refractivity contribution in [2.75, 3.05) is 19.0 Å². The van der Waals surface area contributed by atoms with Crippen LogP contribution in [0.5, 0.6) is 0 Å². The number of nitro groups is 1. The highest BCUT2D eigenvalue weighted by molar-refractivity contribution is 6.33. The summed E-state index contributed by atoms with van der Waals surface area (Å²) in [4.78, 5) is 49.1. The van der Waals surface area contributed by atoms with E-state index in [2.05, 4.69) is 15.0 Å². The van der Waals surface area contributed by atoms with Crippen LogP contribution < -0.4 is 5.32 Å². The van der Waals surface area contributed by atoms with Gasteiger partial charge < -0.3 is 14.8 Å². The van der Waals surface area contributed by atoms with Gasteiger partial charge in [0.15, 0.2) is 12.4 Å². The van der Waals surface area contributed by atoms with Crippen LogP contribution in [-0.2, 0) is 20.4 Å². The lowest BCUT2D eigenvalue weighted by molar-refractivity contribution is -0.384. The maximum absolute atomic E-state index is 12.6. The number of benzene rings is 1. The number of hydrogen-bond acceptors (Lipinski definition) is 8. The van der Waals surface area contributed by atoms with Gasteiger partial charge in [0, 0.05) is 18.3 Å². The number of rotatable bonds is 6. The Labute approximate surface area is 176 Å². The number of ether oxygens (including phenoxy) is 2. The van der Waals surface area contributed by atoms with Gasteiger partial charge in [-0.15, -0.1) is 0 Å². The van der Waals surface area contributed by atoms with Crippen molar-refractivity contribution >= 4 is 41.0 Å². The fourth-order valence-electron chi connectivity index (χ4n) is 2.14. The van der Waals surface area contributed by atoms with Gasteiger partial charge in [0.05, 0.1) is 33.7 Å². The largest absolute Gasteiger partial charge is 0.465 e. The van der Waals surface area contributed by atoms with Crippen LogP contribution in [0.3, 0.4) is 0 Å². The number of carbonyl (C=O) groups excluding carboxylic acids is 3. The zero-order valence-corrected chi connectivity index (χ0v) is 16.1. The first-order valence-corrected chi connectivity index (χ1v) is 8.37. The quantitative estimate of drug-likeness (QED) is 0.393. The number of anilines is 1. The second-order valence-corrected chi connectivity index (χ2v) is 6.10. The molecule has 10 nitrogen and oxygen atoms in total. The summed E-state index contributed by atoms with van der Waals surface area (Å²) in [6.45, 7) is -0.923. The highest BCUT2D eigenvalue weighted by atomic mass is 35.5. The number of carbonyl (C=O) groups is 3. The molecule has 0 spiro atoms. The molecule has 0 bridgehead atoms. The van der Waals surface area contributed by atoms with Gasteiger partial charge in [-0.3, -0.25) is 14.9 Å². The summed E-state index contributed by atoms with van der Waals surface area (Å²) in [5.41, 5.74) is -2.43. The molecule has 0 atom stereocenters. The van der Waals surface area contributed by atoms with Gasteiger partial charge in [0.1, 0.15) is 0 Å². The van der Waals surface area contributed by atoms with Gasteiger partial charge >= 0.3 is 18.1 Å². The molecule has 31 heavy (non-hydrogen) atoms. The topological polar surface area (TPSA) is 138 Å². The molecule has 0 unspecified atom stereocenters. The van der Waals surface area contributed by atoms with Crippen LogP contribution in [0.2, 0.25) is 5.02 Å². The first-order valence-electron chi connectivity index (χ1n) is 8.00. The second kappa shape index (κ2) is 9.38. The molecule has 14 heteroatoms. The van der Waals surface area contributed by atoms with E-state index >= 15 is 0 Å². The number of nitrogens with zero attached hydrogens (tertiary/aromatic N) is 2. The fourth-order valence-corrected chi connectivity index (χ4v) is 2.35. The molecule has 2 rings (SSSR count). The van der Waals surface area contributed by atoms with Crippen LogP contribution in [0.15, 0.2) is 30.5 Å². The monoisotopic (exact) mass is 461 g/mol. The Morgan fingerprint density at radius 1 is 1.16 bits per heavy atom. The third kappa shape index (κ3) is 6.12. The summed E-state index contributed by atoms with van der Waals surface area (Å²) in [6, 6.07) is 3.22. The van der Waals surface area contributed by atoms with Crippen LogP contribution in [0.4, 0.5) is 24.7 Å². The number of hydrogen-bond donors (Lipinski definition) is 1. The number of pyridine rings is 1. The van der Waals surface area contributed by atoms with Crippen molar-refractivity contribution in [3.63, 3.8) is 0 Å². The average Bonchev–Trinajstić information content (AvgIpc) is 2.71. The van der Waals surface area contributed by atoms with Crippen LogP contribution in [0, 0.1) is 10.1 Å². The molecule has 0 saturated heterocycles. The smallest absolute Gasteiger partial charge is 0.417 e. The van der Waals surface area contributed by atoms with Gasteiger partial charge in [-0.05, 0) is 12.1 Å². The lowest BCUT2D eigenvalue weighted by Crippen LogP contribution is -2.22. The van der Waals surface area contributed by atoms with Crippen LogP contribution >= 0.6 is 11.6 Å². The molecule has 0 radical (unpaired) electrons. The van der Waals surface area contributed by atoms with E-state index in [1.54, 1.807) is 0 Å². The molecule has 1 aromatic carbocycles. The highest BCUT2D eigenvalue weighted by Gasteiger charge is 2.31. The van der Waals surface area contributed by atoms with Crippen molar-refractivity contribution in [2.45, 2.75) is 6.18 Å². The van der Waals surface area contributed by atoms with Crippen molar-refractivity contribution in [3.8, 4) is 0 Å². The summed E-state index contributed by atoms with van der Waals surface area (Å²) >= 11 is 5.65. The minimum atomic E-state index is -4.68. The molecule has 0 aliphatic carbocycles. The maximum atomic E-state index is 12.6. The molecule has 1 amide bonds. The van der Waals surface area contributed by atoms with Gasteiger partial charge in [-0.25, -0.2) is 14.6 Å². The molecular formula is C17H11ClF3N3O7. The molecule has 0 aliphatic heterocycles. The number of amides is 1. The minimum Gasteiger partial charge on any atom is -0.465 e. The molecular weight excluding hydrogens is 451 g/mol. The number of methoxy groups -OCH3 is 1. The van der Waals surface area contributed by atoms with Crippen LogP contribution in [-0.4, -0.2) is 41.5 Å². The normalized spacial score (nSPS) is 10.9. The standard InChI is InChI=1S/C17H11ClF3N3O7/c1-30-15(26)8-2-9(4-11(3-8)24(28)29)16(27)31-7-13(25)23-14-12(18)5-10(6-22-14)17(19,20)21/h2-6H,7H2,1H3,(H,22,23,25). The zero-order chi connectivity index (χ0) is 23.3. The van der Waals surface area contributed by atoms with Gasteiger partial charge in [0.2, 0.25) is 0 Å². The van der Waals surface area contributed by atoms with E-state index in [4.69, 9.17) is 16.3 Å². The number of esters is 2. The molecule has 1 aromatic heterocycles. The predicted molar refractivity (Wildman–Crippen MR) is 97.6 cm³/mol. The second-order valence-electron chi connectivity index (χ2n) is 5.69. The summed E-state index contributed by atoms with van der Waals surface area (Å²) in [6.07, 6.45) is -4.24. The first-order chi connectivity index (χ1) is 14.4. The molecule has 0 saturated carbocycles. The Kier molecular flexibility index (Phi) is 7.12. The summed E-state index contributed by atoms with van der Waals surface area (Å²) < 4.78 is 46.9. The lowest BCUT2D eigenvalue weighted by Gasteiger charge is -2.10.